The maximum atomic E-state index is 13.7. The van der Waals surface area contributed by atoms with Crippen molar-refractivity contribution in [1.82, 2.24) is 52.2 Å². The molecule has 2 aromatic heterocycles. The summed E-state index contributed by atoms with van der Waals surface area (Å²) in [6.45, 7) is 13.7. The van der Waals surface area contributed by atoms with E-state index in [0.717, 1.165) is 10.9 Å². The molecule has 9 amide bonds. The molecule has 0 fully saturated rings. The number of nitrogens with two attached hydrogens (primary N) is 3. The lowest BCUT2D eigenvalue weighted by Gasteiger charge is -2.31. The second kappa shape index (κ2) is 25.9. The summed E-state index contributed by atoms with van der Waals surface area (Å²) >= 11 is 0. The van der Waals surface area contributed by atoms with Gasteiger partial charge in [-0.05, 0) is 48.6 Å². The summed E-state index contributed by atoms with van der Waals surface area (Å²) in [6, 6.07) is 0.702. The summed E-state index contributed by atoms with van der Waals surface area (Å²) in [5.41, 5.74) is 18.2. The summed E-state index contributed by atoms with van der Waals surface area (Å²) in [7, 11) is 0. The van der Waals surface area contributed by atoms with Crippen molar-refractivity contribution in [2.45, 2.75) is 130 Å². The summed E-state index contributed by atoms with van der Waals surface area (Å²) in [5.74, 6) is -6.77. The van der Waals surface area contributed by atoms with Gasteiger partial charge in [0.25, 0.3) is 0 Å². The Bertz CT molecular complexity index is 2220. The van der Waals surface area contributed by atoms with Gasteiger partial charge in [-0.1, -0.05) is 66.7 Å². The van der Waals surface area contributed by atoms with Gasteiger partial charge in [0.1, 0.15) is 30.2 Å². The lowest BCUT2D eigenvalue weighted by Crippen LogP contribution is -2.58. The van der Waals surface area contributed by atoms with Gasteiger partial charge >= 0.3 is 0 Å². The molecule has 0 aliphatic carbocycles. The number of carbonyl (C=O) groups excluding carboxylic acids is 9. The molecular formula is C46H71N13O9. The average molecular weight is 950 g/mol. The van der Waals surface area contributed by atoms with Crippen LogP contribution in [0.3, 0.4) is 0 Å². The van der Waals surface area contributed by atoms with Crippen molar-refractivity contribution in [3.63, 3.8) is 0 Å². The number of hydrogen-bond donors (Lipinski definition) is 12. The number of benzene rings is 1. The molecule has 3 aromatic rings. The van der Waals surface area contributed by atoms with E-state index in [0.29, 0.717) is 17.7 Å². The molecule has 0 saturated heterocycles. The van der Waals surface area contributed by atoms with Crippen LogP contribution < -0.4 is 54.4 Å². The van der Waals surface area contributed by atoms with Crippen molar-refractivity contribution in [1.29, 1.82) is 0 Å². The topological polar surface area (TPSA) is 360 Å². The third kappa shape index (κ3) is 17.8. The monoisotopic (exact) mass is 950 g/mol. The normalized spacial score (nSPS) is 14.6. The number of H-pyrrole nitrogens is 2. The van der Waals surface area contributed by atoms with E-state index in [-0.39, 0.29) is 51.1 Å². The van der Waals surface area contributed by atoms with Gasteiger partial charge in [-0.25, -0.2) is 4.98 Å². The third-order valence-electron chi connectivity index (χ3n) is 11.1. The molecule has 0 aliphatic rings. The fraction of sp³-hybridized carbons (Fsp3) is 0.565. The number of primary amides is 2. The molecule has 68 heavy (non-hydrogen) atoms. The van der Waals surface area contributed by atoms with Gasteiger partial charge < -0.3 is 64.4 Å². The molecule has 1 aromatic carbocycles. The van der Waals surface area contributed by atoms with E-state index in [4.69, 9.17) is 17.2 Å². The van der Waals surface area contributed by atoms with E-state index < -0.39 is 107 Å². The molecule has 0 aliphatic heterocycles. The third-order valence-corrected chi connectivity index (χ3v) is 11.1. The summed E-state index contributed by atoms with van der Waals surface area (Å²) in [4.78, 5) is 127. The van der Waals surface area contributed by atoms with Crippen LogP contribution in [0.2, 0.25) is 0 Å². The van der Waals surface area contributed by atoms with Gasteiger partial charge in [-0.3, -0.25) is 43.2 Å². The smallest absolute Gasteiger partial charge is 0.243 e. The number of para-hydroxylation sites is 1. The number of aromatic nitrogens is 3. The number of nitrogens with zero attached hydrogens (tertiary/aromatic N) is 1. The van der Waals surface area contributed by atoms with Gasteiger partial charge in [0.2, 0.25) is 53.2 Å². The van der Waals surface area contributed by atoms with Gasteiger partial charge in [0.05, 0.1) is 18.3 Å². The number of amides is 9. The molecule has 2 heterocycles. The van der Waals surface area contributed by atoms with Crippen LogP contribution in [-0.4, -0.2) is 117 Å². The van der Waals surface area contributed by atoms with Gasteiger partial charge in [0, 0.05) is 67.8 Å². The predicted molar refractivity (Wildman–Crippen MR) is 253 cm³/mol. The van der Waals surface area contributed by atoms with Crippen LogP contribution in [0.1, 0.15) is 92.3 Å². The van der Waals surface area contributed by atoms with Crippen molar-refractivity contribution in [3.8, 4) is 0 Å². The molecule has 0 saturated carbocycles. The first-order chi connectivity index (χ1) is 31.9. The number of rotatable bonds is 27. The Morgan fingerprint density at radius 2 is 1.40 bits per heavy atom. The second-order valence-electron chi connectivity index (χ2n) is 18.9. The number of fused-ring (bicyclic) bond motifs is 1. The standard InChI is InChI=1S/C46H71N13O9/c1-24(2)17-28(41(64)59-38(39(49)62)46(6,7)8)21-53-43(66)34(19-29-22-50-23-54-29)56-36(61)15-16-51-45(68)37(25(3)4)58-40(63)26(5)55-44(67)33(57-42(65)31(47)13-14-35(48)60)18-27-20-52-32-12-10-9-11-30(27)32/h9-12,20,22-26,28,31,33-34,37-38,52H,13-19,21,47H2,1-8H3,(H2,48,60)(H2,49,62)(H,50,54)(H,51,68)(H,53,66)(H,55,67)(H,56,61)(H,57,65)(H,58,63)(H,59,64)/t26-,28?,31-,33-,34-,37-,38?/m0/s1. The lowest BCUT2D eigenvalue weighted by atomic mass is 9.85. The Morgan fingerprint density at radius 1 is 0.721 bits per heavy atom. The summed E-state index contributed by atoms with van der Waals surface area (Å²) in [6.07, 6.45) is 4.62. The van der Waals surface area contributed by atoms with Crippen molar-refractivity contribution >= 4 is 64.1 Å². The van der Waals surface area contributed by atoms with Crippen LogP contribution in [0.25, 0.3) is 10.9 Å². The molecule has 22 heteroatoms. The van der Waals surface area contributed by atoms with E-state index in [9.17, 15) is 43.2 Å². The fourth-order valence-corrected chi connectivity index (χ4v) is 7.30. The first-order valence-electron chi connectivity index (χ1n) is 22.8. The Balaban J connectivity index is 1.63. The maximum absolute atomic E-state index is 13.7. The van der Waals surface area contributed by atoms with Gasteiger partial charge in [-0.2, -0.15) is 0 Å². The van der Waals surface area contributed by atoms with E-state index in [1.807, 2.05) is 38.1 Å². The quantitative estimate of drug-likeness (QED) is 0.0448. The van der Waals surface area contributed by atoms with E-state index in [2.05, 4.69) is 52.2 Å². The van der Waals surface area contributed by atoms with Crippen LogP contribution in [0.5, 0.6) is 0 Å². The highest BCUT2D eigenvalue weighted by atomic mass is 16.2. The van der Waals surface area contributed by atoms with Gasteiger partial charge in [-0.15, -0.1) is 0 Å². The van der Waals surface area contributed by atoms with Crippen LogP contribution >= 0.6 is 0 Å². The SMILES string of the molecule is CC(C)CC(CNC(=O)[C@H](Cc1cnc[nH]1)NC(=O)CCNC(=O)[C@@H](NC(=O)[C@H](C)NC(=O)[C@H](Cc1c[nH]c2ccccc12)NC(=O)[C@@H](N)CCC(N)=O)C(C)C)C(=O)NC(C(N)=O)C(C)(C)C. The van der Waals surface area contributed by atoms with E-state index in [1.165, 1.54) is 19.4 Å². The minimum Gasteiger partial charge on any atom is -0.370 e. The highest BCUT2D eigenvalue weighted by molar-refractivity contribution is 5.96. The van der Waals surface area contributed by atoms with Crippen molar-refractivity contribution in [3.05, 3.63) is 54.2 Å². The number of carbonyl (C=O) groups is 9. The Labute approximate surface area is 396 Å². The largest absolute Gasteiger partial charge is 0.370 e. The van der Waals surface area contributed by atoms with E-state index in [1.54, 1.807) is 40.8 Å². The van der Waals surface area contributed by atoms with Crippen LogP contribution in [0, 0.1) is 23.2 Å². The molecule has 7 atom stereocenters. The minimum absolute atomic E-state index is 0.0209. The maximum Gasteiger partial charge on any atom is 0.243 e. The molecular weight excluding hydrogens is 879 g/mol. The summed E-state index contributed by atoms with van der Waals surface area (Å²) in [5, 5.41) is 19.6. The second-order valence-corrected chi connectivity index (χ2v) is 18.9. The van der Waals surface area contributed by atoms with Crippen molar-refractivity contribution < 1.29 is 43.2 Å². The number of imidazole rings is 1. The molecule has 2 unspecified atom stereocenters. The van der Waals surface area contributed by atoms with E-state index >= 15 is 0 Å². The molecule has 374 valence electrons. The van der Waals surface area contributed by atoms with Crippen LogP contribution in [-0.2, 0) is 56.0 Å². The summed E-state index contributed by atoms with van der Waals surface area (Å²) < 4.78 is 0. The number of hydrogen-bond acceptors (Lipinski definition) is 11. The molecule has 22 nitrogen and oxygen atoms in total. The zero-order valence-corrected chi connectivity index (χ0v) is 40.2. The fourth-order valence-electron chi connectivity index (χ4n) is 7.30. The zero-order chi connectivity index (χ0) is 50.9. The first-order valence-corrected chi connectivity index (χ1v) is 22.8. The highest BCUT2D eigenvalue weighted by Gasteiger charge is 2.35. The predicted octanol–water partition coefficient (Wildman–Crippen LogP) is -0.815. The Kier molecular flexibility index (Phi) is 21.1. The van der Waals surface area contributed by atoms with Gasteiger partial charge in [0.15, 0.2) is 0 Å². The first kappa shape index (κ1) is 55.5. The molecule has 15 N–H and O–H groups in total. The average Bonchev–Trinajstić information content (AvgIpc) is 3.93. The Morgan fingerprint density at radius 3 is 2.00 bits per heavy atom. The minimum atomic E-state index is -1.19. The molecule has 0 bridgehead atoms. The van der Waals surface area contributed by atoms with Crippen LogP contribution in [0.15, 0.2) is 43.0 Å². The number of nitrogens with one attached hydrogen (secondary N) is 9. The number of aromatic amines is 2. The molecule has 0 radical (unpaired) electrons. The zero-order valence-electron chi connectivity index (χ0n) is 40.2. The molecule has 0 spiro atoms. The Hall–Kier alpha value is -6.84. The lowest BCUT2D eigenvalue weighted by molar-refractivity contribution is -0.134. The van der Waals surface area contributed by atoms with Crippen molar-refractivity contribution in [2.24, 2.45) is 40.4 Å². The molecule has 3 rings (SSSR count). The highest BCUT2D eigenvalue weighted by Crippen LogP contribution is 2.21. The van der Waals surface area contributed by atoms with Crippen LogP contribution in [0.4, 0.5) is 0 Å². The van der Waals surface area contributed by atoms with Crippen molar-refractivity contribution in [2.75, 3.05) is 13.1 Å².